The van der Waals surface area contributed by atoms with Crippen LogP contribution in [0.5, 0.6) is 5.75 Å². The SMILES string of the molecule is COc1ccc(C2=N/C(=C\c3ccc(N4CCCCC4)s3)C(=O)O2)cc1. The van der Waals surface area contributed by atoms with E-state index in [2.05, 4.69) is 16.0 Å². The molecule has 0 atom stereocenters. The molecule has 3 heterocycles. The number of hydrogen-bond acceptors (Lipinski definition) is 6. The van der Waals surface area contributed by atoms with E-state index in [9.17, 15) is 4.79 Å². The minimum atomic E-state index is -0.413. The molecule has 2 aliphatic rings. The molecule has 0 radical (unpaired) electrons. The second-order valence-corrected chi connectivity index (χ2v) is 7.38. The van der Waals surface area contributed by atoms with Crippen molar-refractivity contribution in [3.8, 4) is 5.75 Å². The van der Waals surface area contributed by atoms with E-state index >= 15 is 0 Å². The zero-order valence-corrected chi connectivity index (χ0v) is 15.4. The Hall–Kier alpha value is -2.60. The van der Waals surface area contributed by atoms with Gasteiger partial charge in [-0.2, -0.15) is 0 Å². The number of hydrogen-bond donors (Lipinski definition) is 0. The van der Waals surface area contributed by atoms with Crippen LogP contribution >= 0.6 is 11.3 Å². The highest BCUT2D eigenvalue weighted by Crippen LogP contribution is 2.31. The molecule has 0 spiro atoms. The van der Waals surface area contributed by atoms with Crippen LogP contribution in [-0.4, -0.2) is 32.1 Å². The van der Waals surface area contributed by atoms with Crippen molar-refractivity contribution in [2.75, 3.05) is 25.1 Å². The molecule has 0 aliphatic carbocycles. The summed E-state index contributed by atoms with van der Waals surface area (Å²) in [6.45, 7) is 2.22. The van der Waals surface area contributed by atoms with E-state index in [1.165, 1.54) is 24.3 Å². The maximum absolute atomic E-state index is 12.2. The van der Waals surface area contributed by atoms with Crippen LogP contribution in [0.1, 0.15) is 29.7 Å². The number of thiophene rings is 1. The first-order chi connectivity index (χ1) is 12.7. The lowest BCUT2D eigenvalue weighted by atomic mass is 10.1. The molecule has 2 aliphatic heterocycles. The summed E-state index contributed by atoms with van der Waals surface area (Å²) < 4.78 is 10.5. The predicted molar refractivity (Wildman–Crippen MR) is 104 cm³/mol. The first-order valence-corrected chi connectivity index (χ1v) is 9.56. The molecular weight excluding hydrogens is 348 g/mol. The molecule has 0 bridgehead atoms. The molecule has 134 valence electrons. The van der Waals surface area contributed by atoms with Gasteiger partial charge in [-0.3, -0.25) is 0 Å². The Morgan fingerprint density at radius 1 is 1.12 bits per heavy atom. The van der Waals surface area contributed by atoms with Crippen molar-refractivity contribution in [2.24, 2.45) is 4.99 Å². The first-order valence-electron chi connectivity index (χ1n) is 8.75. The molecule has 2 aromatic rings. The largest absolute Gasteiger partial charge is 0.497 e. The molecule has 1 fully saturated rings. The monoisotopic (exact) mass is 368 g/mol. The molecule has 0 saturated carbocycles. The fraction of sp³-hybridized carbons (Fsp3) is 0.300. The van der Waals surface area contributed by atoms with Gasteiger partial charge >= 0.3 is 5.97 Å². The lowest BCUT2D eigenvalue weighted by molar-refractivity contribution is -0.129. The summed E-state index contributed by atoms with van der Waals surface area (Å²) in [6, 6.07) is 11.4. The van der Waals surface area contributed by atoms with Crippen LogP contribution in [0.15, 0.2) is 47.1 Å². The Kier molecular flexibility index (Phi) is 4.75. The van der Waals surface area contributed by atoms with Crippen LogP contribution in [0.2, 0.25) is 0 Å². The summed E-state index contributed by atoms with van der Waals surface area (Å²) in [5.74, 6) is 0.665. The van der Waals surface area contributed by atoms with E-state index in [4.69, 9.17) is 9.47 Å². The smallest absolute Gasteiger partial charge is 0.363 e. The van der Waals surface area contributed by atoms with Crippen molar-refractivity contribution in [2.45, 2.75) is 19.3 Å². The van der Waals surface area contributed by atoms with Crippen LogP contribution in [0, 0.1) is 0 Å². The van der Waals surface area contributed by atoms with Gasteiger partial charge in [-0.25, -0.2) is 9.79 Å². The summed E-state index contributed by atoms with van der Waals surface area (Å²) in [5.41, 5.74) is 1.09. The van der Waals surface area contributed by atoms with Crippen molar-refractivity contribution in [3.05, 3.63) is 52.5 Å². The zero-order valence-electron chi connectivity index (χ0n) is 14.6. The number of aliphatic imine (C=N–C) groups is 1. The standard InChI is InChI=1S/C20H20N2O3S/c1-24-15-7-5-14(6-8-15)19-21-17(20(23)25-19)13-16-9-10-18(26-16)22-11-3-2-4-12-22/h5-10,13H,2-4,11-12H2,1H3/b17-13-. The molecule has 26 heavy (non-hydrogen) atoms. The molecule has 5 nitrogen and oxygen atoms in total. The van der Waals surface area contributed by atoms with Gasteiger partial charge < -0.3 is 14.4 Å². The van der Waals surface area contributed by atoms with Crippen LogP contribution < -0.4 is 9.64 Å². The maximum atomic E-state index is 12.2. The predicted octanol–water partition coefficient (Wildman–Crippen LogP) is 4.09. The molecule has 1 saturated heterocycles. The van der Waals surface area contributed by atoms with Crippen molar-refractivity contribution in [3.63, 3.8) is 0 Å². The van der Waals surface area contributed by atoms with E-state index in [1.807, 2.05) is 30.3 Å². The lowest BCUT2D eigenvalue weighted by Gasteiger charge is -2.27. The minimum Gasteiger partial charge on any atom is -0.497 e. The zero-order chi connectivity index (χ0) is 17.9. The van der Waals surface area contributed by atoms with Crippen molar-refractivity contribution < 1.29 is 14.3 Å². The molecule has 0 amide bonds. The fourth-order valence-electron chi connectivity index (χ4n) is 3.11. The van der Waals surface area contributed by atoms with Gasteiger partial charge in [-0.05, 0) is 61.7 Å². The normalized spacial score (nSPS) is 18.8. The lowest BCUT2D eigenvalue weighted by Crippen LogP contribution is -2.28. The molecule has 1 aromatic heterocycles. The van der Waals surface area contributed by atoms with Gasteiger partial charge in [-0.15, -0.1) is 11.3 Å². The van der Waals surface area contributed by atoms with E-state index in [1.54, 1.807) is 24.5 Å². The van der Waals surface area contributed by atoms with E-state index < -0.39 is 5.97 Å². The number of rotatable bonds is 4. The summed E-state index contributed by atoms with van der Waals surface area (Å²) in [7, 11) is 1.61. The summed E-state index contributed by atoms with van der Waals surface area (Å²) in [5, 5.41) is 1.25. The molecule has 0 unspecified atom stereocenters. The number of anilines is 1. The van der Waals surface area contributed by atoms with Gasteiger partial charge in [0.25, 0.3) is 0 Å². The van der Waals surface area contributed by atoms with Crippen LogP contribution in [0.4, 0.5) is 5.00 Å². The second-order valence-electron chi connectivity index (χ2n) is 6.29. The summed E-state index contributed by atoms with van der Waals surface area (Å²) in [4.78, 5) is 20.0. The molecule has 1 aromatic carbocycles. The maximum Gasteiger partial charge on any atom is 0.363 e. The van der Waals surface area contributed by atoms with Gasteiger partial charge in [0, 0.05) is 23.5 Å². The Morgan fingerprint density at radius 3 is 2.62 bits per heavy atom. The van der Waals surface area contributed by atoms with Crippen LogP contribution in [0.3, 0.4) is 0 Å². The van der Waals surface area contributed by atoms with Crippen molar-refractivity contribution in [1.29, 1.82) is 0 Å². The number of ether oxygens (including phenoxy) is 2. The highest BCUT2D eigenvalue weighted by atomic mass is 32.1. The second kappa shape index (κ2) is 7.33. The third-order valence-corrected chi connectivity index (χ3v) is 5.61. The number of methoxy groups -OCH3 is 1. The number of nitrogens with zero attached hydrogens (tertiary/aromatic N) is 2. The quantitative estimate of drug-likeness (QED) is 0.602. The van der Waals surface area contributed by atoms with Gasteiger partial charge in [0.1, 0.15) is 5.75 Å². The highest BCUT2D eigenvalue weighted by Gasteiger charge is 2.24. The Morgan fingerprint density at radius 2 is 1.88 bits per heavy atom. The average molecular weight is 368 g/mol. The van der Waals surface area contributed by atoms with E-state index in [-0.39, 0.29) is 0 Å². The topological polar surface area (TPSA) is 51.1 Å². The van der Waals surface area contributed by atoms with E-state index in [0.717, 1.165) is 29.3 Å². The van der Waals surface area contributed by atoms with Crippen molar-refractivity contribution in [1.82, 2.24) is 0 Å². The first kappa shape index (κ1) is 16.8. The third-order valence-electron chi connectivity index (χ3n) is 4.52. The Bertz CT molecular complexity index is 861. The number of esters is 1. The molecule has 4 rings (SSSR count). The molecular formula is C20H20N2O3S. The highest BCUT2D eigenvalue weighted by molar-refractivity contribution is 7.16. The number of carbonyl (C=O) groups is 1. The third kappa shape index (κ3) is 3.51. The number of piperidine rings is 1. The number of cyclic esters (lactones) is 1. The minimum absolute atomic E-state index is 0.330. The molecule has 6 heteroatoms. The van der Waals surface area contributed by atoms with Gasteiger partial charge in [-0.1, -0.05) is 0 Å². The summed E-state index contributed by atoms with van der Waals surface area (Å²) >= 11 is 1.69. The van der Waals surface area contributed by atoms with Crippen LogP contribution in [0.25, 0.3) is 6.08 Å². The van der Waals surface area contributed by atoms with Gasteiger partial charge in [0.15, 0.2) is 5.70 Å². The summed E-state index contributed by atoms with van der Waals surface area (Å²) in [6.07, 6.45) is 5.61. The number of carbonyl (C=O) groups excluding carboxylic acids is 1. The average Bonchev–Trinajstić information content (AvgIpc) is 3.30. The fourth-order valence-corrected chi connectivity index (χ4v) is 4.10. The van der Waals surface area contributed by atoms with Gasteiger partial charge in [0.05, 0.1) is 12.1 Å². The number of benzene rings is 1. The Labute approximate surface area is 156 Å². The van der Waals surface area contributed by atoms with E-state index in [0.29, 0.717) is 11.6 Å². The Balaban J connectivity index is 1.53. The molecule has 0 N–H and O–H groups in total. The van der Waals surface area contributed by atoms with Crippen LogP contribution in [-0.2, 0) is 9.53 Å². The van der Waals surface area contributed by atoms with Gasteiger partial charge in [0.2, 0.25) is 5.90 Å². The van der Waals surface area contributed by atoms with Crippen molar-refractivity contribution >= 4 is 34.3 Å².